The molecule has 5 aliphatic carbocycles. The molecule has 0 aliphatic heterocycles. The Hall–Kier alpha value is -2.02. The van der Waals surface area contributed by atoms with E-state index in [1.165, 1.54) is 5.57 Å². The molecule has 0 unspecified atom stereocenters. The van der Waals surface area contributed by atoms with E-state index in [4.69, 9.17) is 0 Å². The first-order chi connectivity index (χ1) is 20.1. The predicted octanol–water partition coefficient (Wildman–Crippen LogP) is 6.07. The van der Waals surface area contributed by atoms with Crippen LogP contribution in [-0.2, 0) is 9.59 Å². The van der Waals surface area contributed by atoms with Crippen molar-refractivity contribution in [3.05, 3.63) is 41.5 Å². The molecular formula is C37H53NO5. The molecule has 0 saturated heterocycles. The summed E-state index contributed by atoms with van der Waals surface area (Å²) in [5.74, 6) is 0.462. The number of carbonyl (C=O) groups is 2. The highest BCUT2D eigenvalue weighted by Gasteiger charge is 2.72. The van der Waals surface area contributed by atoms with Gasteiger partial charge in [-0.25, -0.2) is 0 Å². The summed E-state index contributed by atoms with van der Waals surface area (Å²) in [5.41, 5.74) is 0.504. The molecular weight excluding hydrogens is 538 g/mol. The number of allylic oxidation sites excluding steroid dienone is 2. The molecule has 0 heterocycles. The van der Waals surface area contributed by atoms with Crippen LogP contribution in [0.3, 0.4) is 0 Å². The van der Waals surface area contributed by atoms with Gasteiger partial charge in [0.05, 0.1) is 24.2 Å². The van der Waals surface area contributed by atoms with Crippen molar-refractivity contribution in [3.8, 4) is 0 Å². The van der Waals surface area contributed by atoms with Gasteiger partial charge in [0.15, 0.2) is 5.78 Å². The van der Waals surface area contributed by atoms with E-state index < -0.39 is 28.5 Å². The van der Waals surface area contributed by atoms with E-state index in [2.05, 4.69) is 39.9 Å². The van der Waals surface area contributed by atoms with E-state index in [1.807, 2.05) is 44.2 Å². The number of hydrogen-bond donors (Lipinski definition) is 4. The van der Waals surface area contributed by atoms with E-state index in [0.717, 1.165) is 49.8 Å². The number of anilines is 1. The quantitative estimate of drug-likeness (QED) is 0.341. The zero-order valence-corrected chi connectivity index (χ0v) is 27.2. The van der Waals surface area contributed by atoms with Crippen LogP contribution in [-0.4, -0.2) is 45.8 Å². The standard InChI is InChI=1S/C37H53NO5/c1-21-8-10-24(11-9-21)38-32(43)37-15-12-22(2)23(3)29(37)25-18-26(40)30-33(4)19-27(41)31(42)34(5,20-39)28(33)13-14-36(30,7)35(25,6)16-17-37/h8-11,18,22-23,27-31,39,41-42H,12-17,19-20H2,1-7H3,(H,38,43)/t22-,23+,27-,28-,29+,30-,31+,33+,34+,35-,36-,37+/m1/s1. The Morgan fingerprint density at radius 1 is 0.977 bits per heavy atom. The van der Waals surface area contributed by atoms with Crippen molar-refractivity contribution < 1.29 is 24.9 Å². The normalized spacial score (nSPS) is 49.1. The molecule has 6 nitrogen and oxygen atoms in total. The van der Waals surface area contributed by atoms with Crippen LogP contribution in [0.1, 0.15) is 92.1 Å². The summed E-state index contributed by atoms with van der Waals surface area (Å²) in [6, 6.07) is 8.00. The van der Waals surface area contributed by atoms with Crippen molar-refractivity contribution in [2.45, 2.75) is 106 Å². The molecule has 6 rings (SSSR count). The highest BCUT2D eigenvalue weighted by Crippen LogP contribution is 2.75. The monoisotopic (exact) mass is 591 g/mol. The van der Waals surface area contributed by atoms with Crippen LogP contribution in [0.5, 0.6) is 0 Å². The molecule has 236 valence electrons. The molecule has 1 aromatic carbocycles. The molecule has 1 aromatic rings. The molecule has 1 amide bonds. The summed E-state index contributed by atoms with van der Waals surface area (Å²) in [6.45, 7) is 15.1. The number of aliphatic hydroxyl groups excluding tert-OH is 3. The second-order valence-electron chi connectivity index (χ2n) is 16.5. The van der Waals surface area contributed by atoms with Crippen molar-refractivity contribution in [2.75, 3.05) is 11.9 Å². The van der Waals surface area contributed by atoms with E-state index in [0.29, 0.717) is 12.3 Å². The number of nitrogens with one attached hydrogen (secondary N) is 1. The molecule has 4 saturated carbocycles. The van der Waals surface area contributed by atoms with Crippen molar-refractivity contribution in [2.24, 2.45) is 56.7 Å². The third-order valence-corrected chi connectivity index (χ3v) is 14.6. The number of amides is 1. The topological polar surface area (TPSA) is 107 Å². The van der Waals surface area contributed by atoms with Crippen LogP contribution in [0.15, 0.2) is 35.9 Å². The average Bonchev–Trinajstić information content (AvgIpc) is 2.95. The van der Waals surface area contributed by atoms with Crippen molar-refractivity contribution in [1.29, 1.82) is 0 Å². The fourth-order valence-corrected chi connectivity index (χ4v) is 11.8. The Bertz CT molecular complexity index is 1340. The third-order valence-electron chi connectivity index (χ3n) is 14.6. The minimum atomic E-state index is -1.02. The number of hydrogen-bond acceptors (Lipinski definition) is 5. The summed E-state index contributed by atoms with van der Waals surface area (Å²) in [7, 11) is 0. The predicted molar refractivity (Wildman–Crippen MR) is 168 cm³/mol. The molecule has 0 bridgehead atoms. The number of benzene rings is 1. The van der Waals surface area contributed by atoms with Gasteiger partial charge in [-0.2, -0.15) is 0 Å². The Morgan fingerprint density at radius 3 is 2.30 bits per heavy atom. The second kappa shape index (κ2) is 9.99. The summed E-state index contributed by atoms with van der Waals surface area (Å²) >= 11 is 0. The van der Waals surface area contributed by atoms with E-state index in [9.17, 15) is 24.9 Å². The van der Waals surface area contributed by atoms with Crippen LogP contribution in [0, 0.1) is 63.6 Å². The highest BCUT2D eigenvalue weighted by molar-refractivity contribution is 5.98. The summed E-state index contributed by atoms with van der Waals surface area (Å²) in [4.78, 5) is 29.1. The third kappa shape index (κ3) is 4.01. The lowest BCUT2D eigenvalue weighted by molar-refractivity contribution is -0.238. The Labute approximate surface area is 257 Å². The summed E-state index contributed by atoms with van der Waals surface area (Å²) in [6.07, 6.45) is 5.32. The maximum absolute atomic E-state index is 14.7. The Kier molecular flexibility index (Phi) is 7.20. The van der Waals surface area contributed by atoms with Gasteiger partial charge in [0.25, 0.3) is 0 Å². The molecule has 43 heavy (non-hydrogen) atoms. The Balaban J connectivity index is 1.45. The lowest BCUT2D eigenvalue weighted by atomic mass is 9.33. The van der Waals surface area contributed by atoms with Crippen molar-refractivity contribution >= 4 is 17.4 Å². The van der Waals surface area contributed by atoms with Gasteiger partial charge in [0.2, 0.25) is 5.91 Å². The fraction of sp³-hybridized carbons (Fsp3) is 0.730. The summed E-state index contributed by atoms with van der Waals surface area (Å²) in [5, 5.41) is 36.0. The van der Waals surface area contributed by atoms with Gasteiger partial charge >= 0.3 is 0 Å². The van der Waals surface area contributed by atoms with Crippen LogP contribution in [0.4, 0.5) is 5.69 Å². The SMILES string of the molecule is Cc1ccc(NC(=O)[C@]23CC[C@@H](C)[C@H](C)[C@H]2C2=CC(=O)[C@@H]4[C@@]5(C)C[C@@H](O)[C@H](O)[C@@](C)(CO)[C@@H]5CC[C@@]4(C)[C@]2(C)CC3)cc1. The maximum atomic E-state index is 14.7. The van der Waals surface area contributed by atoms with Gasteiger partial charge in [-0.05, 0) is 110 Å². The summed E-state index contributed by atoms with van der Waals surface area (Å²) < 4.78 is 0. The van der Waals surface area contributed by atoms with Crippen LogP contribution in [0.25, 0.3) is 0 Å². The number of aryl methyl sites for hydroxylation is 1. The number of rotatable bonds is 3. The van der Waals surface area contributed by atoms with Crippen LogP contribution < -0.4 is 5.32 Å². The van der Waals surface area contributed by atoms with Gasteiger partial charge in [-0.1, -0.05) is 64.8 Å². The molecule has 4 N–H and O–H groups in total. The largest absolute Gasteiger partial charge is 0.396 e. The average molecular weight is 592 g/mol. The van der Waals surface area contributed by atoms with Gasteiger partial charge in [-0.15, -0.1) is 0 Å². The van der Waals surface area contributed by atoms with Gasteiger partial charge in [0.1, 0.15) is 0 Å². The molecule has 12 atom stereocenters. The molecule has 0 spiro atoms. The first-order valence-corrected chi connectivity index (χ1v) is 16.7. The molecule has 4 fully saturated rings. The number of carbonyl (C=O) groups excluding carboxylic acids is 2. The van der Waals surface area contributed by atoms with Crippen LogP contribution >= 0.6 is 0 Å². The minimum Gasteiger partial charge on any atom is -0.396 e. The van der Waals surface area contributed by atoms with E-state index in [1.54, 1.807) is 0 Å². The number of aliphatic hydroxyl groups is 3. The van der Waals surface area contributed by atoms with Crippen molar-refractivity contribution in [1.82, 2.24) is 0 Å². The number of ketones is 1. The minimum absolute atomic E-state index is 0.0193. The van der Waals surface area contributed by atoms with Gasteiger partial charge in [0, 0.05) is 17.0 Å². The maximum Gasteiger partial charge on any atom is 0.231 e. The molecule has 0 aromatic heterocycles. The molecule has 5 aliphatic rings. The zero-order chi connectivity index (χ0) is 31.3. The number of fused-ring (bicyclic) bond motifs is 7. The molecule has 0 radical (unpaired) electrons. The van der Waals surface area contributed by atoms with E-state index in [-0.39, 0.29) is 52.8 Å². The van der Waals surface area contributed by atoms with E-state index >= 15 is 0 Å². The van der Waals surface area contributed by atoms with Gasteiger partial charge < -0.3 is 20.6 Å². The fourth-order valence-electron chi connectivity index (χ4n) is 11.8. The lowest BCUT2D eigenvalue weighted by Gasteiger charge is -2.71. The van der Waals surface area contributed by atoms with Crippen LogP contribution in [0.2, 0.25) is 0 Å². The first kappa shape index (κ1) is 31.0. The van der Waals surface area contributed by atoms with Gasteiger partial charge in [-0.3, -0.25) is 9.59 Å². The Morgan fingerprint density at radius 2 is 1.65 bits per heavy atom. The smallest absolute Gasteiger partial charge is 0.231 e. The first-order valence-electron chi connectivity index (χ1n) is 16.7. The highest BCUT2D eigenvalue weighted by atomic mass is 16.3. The lowest BCUT2D eigenvalue weighted by Crippen LogP contribution is -2.70. The van der Waals surface area contributed by atoms with Crippen molar-refractivity contribution in [3.63, 3.8) is 0 Å². The zero-order valence-electron chi connectivity index (χ0n) is 27.2. The molecule has 6 heteroatoms. The second-order valence-corrected chi connectivity index (χ2v) is 16.5.